The molecule has 166 valence electrons. The summed E-state index contributed by atoms with van der Waals surface area (Å²) in [7, 11) is 1.65. The lowest BCUT2D eigenvalue weighted by Gasteiger charge is -2.15. The van der Waals surface area contributed by atoms with Crippen molar-refractivity contribution >= 4 is 34.9 Å². The van der Waals surface area contributed by atoms with Gasteiger partial charge in [0.25, 0.3) is 0 Å². The predicted octanol–water partition coefficient (Wildman–Crippen LogP) is 4.67. The molecule has 0 unspecified atom stereocenters. The van der Waals surface area contributed by atoms with E-state index in [4.69, 9.17) is 17.0 Å². The fourth-order valence-electron chi connectivity index (χ4n) is 2.99. The van der Waals surface area contributed by atoms with Crippen LogP contribution in [0.4, 0.5) is 11.6 Å². The Hall–Kier alpha value is -3.52. The molecular weight excluding hydrogens is 420 g/mol. The maximum absolute atomic E-state index is 5.52. The lowest BCUT2D eigenvalue weighted by molar-refractivity contribution is 0.414. The molecule has 0 aliphatic carbocycles. The van der Waals surface area contributed by atoms with E-state index in [2.05, 4.69) is 56.9 Å². The Labute approximate surface area is 194 Å². The quantitative estimate of drug-likeness (QED) is 0.297. The maximum atomic E-state index is 5.52. The number of thiocarbonyl (C=S) groups is 1. The molecule has 0 spiro atoms. The zero-order valence-electron chi connectivity index (χ0n) is 19.0. The summed E-state index contributed by atoms with van der Waals surface area (Å²) in [5.41, 5.74) is 6.08. The van der Waals surface area contributed by atoms with E-state index in [9.17, 15) is 0 Å². The molecule has 0 saturated heterocycles. The SMILES string of the molecule is COc1ccc(CN=C(NC(=S)Nc2ccc(C)c(C)c2)Nc2nc(C)cc(C)n2)cc1. The number of hydrogen-bond donors (Lipinski definition) is 3. The monoisotopic (exact) mass is 448 g/mol. The minimum atomic E-state index is 0.415. The highest BCUT2D eigenvalue weighted by molar-refractivity contribution is 7.80. The third-order valence-corrected chi connectivity index (χ3v) is 4.99. The highest BCUT2D eigenvalue weighted by atomic mass is 32.1. The molecule has 32 heavy (non-hydrogen) atoms. The molecule has 0 saturated carbocycles. The molecule has 0 radical (unpaired) electrons. The summed E-state index contributed by atoms with van der Waals surface area (Å²) in [5, 5.41) is 9.91. The number of nitrogens with zero attached hydrogens (tertiary/aromatic N) is 3. The van der Waals surface area contributed by atoms with Crippen molar-refractivity contribution in [2.24, 2.45) is 4.99 Å². The van der Waals surface area contributed by atoms with E-state index in [1.165, 1.54) is 11.1 Å². The summed E-state index contributed by atoms with van der Waals surface area (Å²) in [6.45, 7) is 8.43. The largest absolute Gasteiger partial charge is 0.497 e. The second kappa shape index (κ2) is 10.7. The van der Waals surface area contributed by atoms with Gasteiger partial charge in [-0.3, -0.25) is 5.32 Å². The zero-order chi connectivity index (χ0) is 23.1. The number of ether oxygens (including phenoxy) is 1. The minimum absolute atomic E-state index is 0.415. The Morgan fingerprint density at radius 1 is 0.906 bits per heavy atom. The zero-order valence-corrected chi connectivity index (χ0v) is 19.8. The molecule has 3 aromatic rings. The van der Waals surface area contributed by atoms with Gasteiger partial charge in [0, 0.05) is 17.1 Å². The van der Waals surface area contributed by atoms with Crippen molar-refractivity contribution in [3.63, 3.8) is 0 Å². The smallest absolute Gasteiger partial charge is 0.229 e. The third-order valence-electron chi connectivity index (χ3n) is 4.79. The van der Waals surface area contributed by atoms with Gasteiger partial charge in [0.2, 0.25) is 11.9 Å². The number of aliphatic imine (C=N–C) groups is 1. The molecule has 0 aliphatic rings. The molecule has 8 heteroatoms. The number of rotatable bonds is 5. The molecular formula is C24H28N6OS. The molecule has 0 aliphatic heterocycles. The molecule has 0 atom stereocenters. The minimum Gasteiger partial charge on any atom is -0.497 e. The van der Waals surface area contributed by atoms with Crippen molar-refractivity contribution in [2.45, 2.75) is 34.2 Å². The van der Waals surface area contributed by atoms with Crippen LogP contribution in [-0.2, 0) is 6.54 Å². The fraction of sp³-hybridized carbons (Fsp3) is 0.250. The van der Waals surface area contributed by atoms with Crippen molar-refractivity contribution in [1.29, 1.82) is 0 Å². The number of aryl methyl sites for hydroxylation is 4. The second-order valence-electron chi connectivity index (χ2n) is 7.49. The third kappa shape index (κ3) is 6.75. The number of guanidine groups is 1. The van der Waals surface area contributed by atoms with Crippen LogP contribution >= 0.6 is 12.2 Å². The first-order valence-electron chi connectivity index (χ1n) is 10.2. The van der Waals surface area contributed by atoms with Crippen LogP contribution in [0.5, 0.6) is 5.75 Å². The number of aromatic nitrogens is 2. The fourth-order valence-corrected chi connectivity index (χ4v) is 3.20. The molecule has 0 amide bonds. The number of anilines is 2. The van der Waals surface area contributed by atoms with Crippen LogP contribution in [0, 0.1) is 27.7 Å². The maximum Gasteiger partial charge on any atom is 0.229 e. The molecule has 3 N–H and O–H groups in total. The van der Waals surface area contributed by atoms with Crippen molar-refractivity contribution in [1.82, 2.24) is 15.3 Å². The lowest BCUT2D eigenvalue weighted by Crippen LogP contribution is -2.39. The van der Waals surface area contributed by atoms with Crippen molar-refractivity contribution < 1.29 is 4.74 Å². The Kier molecular flexibility index (Phi) is 7.72. The van der Waals surface area contributed by atoms with Crippen molar-refractivity contribution in [3.8, 4) is 5.75 Å². The van der Waals surface area contributed by atoms with Gasteiger partial charge in [-0.1, -0.05) is 18.2 Å². The molecule has 3 rings (SSSR count). The number of benzene rings is 2. The van der Waals surface area contributed by atoms with Gasteiger partial charge in [-0.2, -0.15) is 0 Å². The Morgan fingerprint density at radius 3 is 2.22 bits per heavy atom. The summed E-state index contributed by atoms with van der Waals surface area (Å²) < 4.78 is 5.22. The first-order chi connectivity index (χ1) is 15.3. The van der Waals surface area contributed by atoms with Gasteiger partial charge in [-0.05, 0) is 86.9 Å². The molecule has 2 aromatic carbocycles. The van der Waals surface area contributed by atoms with Crippen molar-refractivity contribution in [2.75, 3.05) is 17.7 Å². The predicted molar refractivity (Wildman–Crippen MR) is 135 cm³/mol. The van der Waals surface area contributed by atoms with Gasteiger partial charge in [0.05, 0.1) is 13.7 Å². The standard InChI is InChI=1S/C24H28N6OS/c1-15-6-9-20(12-16(15)2)28-24(32)30-22(29-23-26-17(3)13-18(4)27-23)25-14-19-7-10-21(31-5)11-8-19/h6-13H,14H2,1-5H3,(H3,25,26,27,28,29,30,32). The van der Waals surface area contributed by atoms with Gasteiger partial charge in [-0.15, -0.1) is 0 Å². The van der Waals surface area contributed by atoms with Crippen LogP contribution < -0.4 is 20.7 Å². The summed E-state index contributed by atoms with van der Waals surface area (Å²) in [6, 6.07) is 15.8. The highest BCUT2D eigenvalue weighted by Crippen LogP contribution is 2.14. The summed E-state index contributed by atoms with van der Waals surface area (Å²) >= 11 is 5.52. The van der Waals surface area contributed by atoms with Gasteiger partial charge in [0.1, 0.15) is 5.75 Å². The summed E-state index contributed by atoms with van der Waals surface area (Å²) in [4.78, 5) is 13.5. The van der Waals surface area contributed by atoms with Crippen LogP contribution in [0.15, 0.2) is 53.5 Å². The molecule has 7 nitrogen and oxygen atoms in total. The molecule has 1 heterocycles. The van der Waals surface area contributed by atoms with Crippen LogP contribution in [0.2, 0.25) is 0 Å². The molecule has 1 aromatic heterocycles. The van der Waals surface area contributed by atoms with Crippen LogP contribution in [0.25, 0.3) is 0 Å². The van der Waals surface area contributed by atoms with E-state index < -0.39 is 0 Å². The van der Waals surface area contributed by atoms with E-state index in [1.54, 1.807) is 7.11 Å². The van der Waals surface area contributed by atoms with Gasteiger partial charge >= 0.3 is 0 Å². The molecule has 0 fully saturated rings. The van der Waals surface area contributed by atoms with Crippen LogP contribution in [0.3, 0.4) is 0 Å². The van der Waals surface area contributed by atoms with E-state index in [0.29, 0.717) is 23.6 Å². The number of hydrogen-bond acceptors (Lipinski definition) is 5. The summed E-state index contributed by atoms with van der Waals surface area (Å²) in [6.07, 6.45) is 0. The topological polar surface area (TPSA) is 83.5 Å². The second-order valence-corrected chi connectivity index (χ2v) is 7.90. The van der Waals surface area contributed by atoms with E-state index in [1.807, 2.05) is 50.2 Å². The average molecular weight is 449 g/mol. The average Bonchev–Trinajstić information content (AvgIpc) is 2.74. The Balaban J connectivity index is 1.77. The highest BCUT2D eigenvalue weighted by Gasteiger charge is 2.08. The number of nitrogens with one attached hydrogen (secondary N) is 3. The normalized spacial score (nSPS) is 11.1. The Bertz CT molecular complexity index is 1110. The van der Waals surface area contributed by atoms with Gasteiger partial charge < -0.3 is 15.4 Å². The molecule has 0 bridgehead atoms. The first-order valence-corrected chi connectivity index (χ1v) is 10.6. The van der Waals surface area contributed by atoms with Crippen LogP contribution in [0.1, 0.15) is 28.1 Å². The van der Waals surface area contributed by atoms with Gasteiger partial charge in [0.15, 0.2) is 5.11 Å². The first kappa shape index (κ1) is 23.1. The lowest BCUT2D eigenvalue weighted by atomic mass is 10.1. The van der Waals surface area contributed by atoms with Crippen molar-refractivity contribution in [3.05, 3.63) is 76.6 Å². The van der Waals surface area contributed by atoms with E-state index in [0.717, 1.165) is 28.4 Å². The van der Waals surface area contributed by atoms with Crippen LogP contribution in [-0.4, -0.2) is 28.1 Å². The Morgan fingerprint density at radius 2 is 1.59 bits per heavy atom. The summed E-state index contributed by atoms with van der Waals surface area (Å²) in [5.74, 6) is 1.71. The van der Waals surface area contributed by atoms with Gasteiger partial charge in [-0.25, -0.2) is 15.0 Å². The van der Waals surface area contributed by atoms with E-state index in [-0.39, 0.29) is 0 Å². The number of methoxy groups -OCH3 is 1. The van der Waals surface area contributed by atoms with E-state index >= 15 is 0 Å².